The number of hydrogen-bond acceptors (Lipinski definition) is 8. The van der Waals surface area contributed by atoms with E-state index in [1.165, 1.54) is 23.5 Å². The van der Waals surface area contributed by atoms with Crippen molar-refractivity contribution in [3.63, 3.8) is 0 Å². The average molecular weight is 334 g/mol. The van der Waals surface area contributed by atoms with Gasteiger partial charge in [-0.1, -0.05) is 0 Å². The van der Waals surface area contributed by atoms with Gasteiger partial charge in [0.1, 0.15) is 4.92 Å². The van der Waals surface area contributed by atoms with Gasteiger partial charge < -0.3 is 14.4 Å². The summed E-state index contributed by atoms with van der Waals surface area (Å²) in [6, 6.07) is 4.62. The smallest absolute Gasteiger partial charge is 0.397 e. The topological polar surface area (TPSA) is 106 Å². The number of anilines is 1. The maximum absolute atomic E-state index is 10.8. The predicted molar refractivity (Wildman–Crippen MR) is 86.7 cm³/mol. The second-order valence-corrected chi connectivity index (χ2v) is 5.62. The Hall–Kier alpha value is -2.52. The molecule has 0 aliphatic rings. The van der Waals surface area contributed by atoms with Gasteiger partial charge in [0.15, 0.2) is 17.4 Å². The van der Waals surface area contributed by atoms with Crippen molar-refractivity contribution in [1.82, 2.24) is 9.97 Å². The molecule has 0 atom stereocenters. The Kier molecular flexibility index (Phi) is 4.22. The molecule has 3 heterocycles. The van der Waals surface area contributed by atoms with E-state index in [9.17, 15) is 15.2 Å². The molecule has 0 aliphatic carbocycles. The SMILES string of the molecule is CCN(CCO)c1nc(-c2ccc([N+](=O)[O-])o2)nc2ccsc12. The first kappa shape index (κ1) is 15.4. The van der Waals surface area contributed by atoms with Crippen molar-refractivity contribution in [3.8, 4) is 11.6 Å². The van der Waals surface area contributed by atoms with Gasteiger partial charge in [-0.3, -0.25) is 10.1 Å². The number of aliphatic hydroxyl groups is 1. The summed E-state index contributed by atoms with van der Waals surface area (Å²) in [7, 11) is 0. The molecule has 0 fully saturated rings. The van der Waals surface area contributed by atoms with Gasteiger partial charge in [-0.05, 0) is 24.4 Å². The Morgan fingerprint density at radius 1 is 1.39 bits per heavy atom. The third kappa shape index (κ3) is 2.88. The van der Waals surface area contributed by atoms with E-state index in [1.54, 1.807) is 0 Å². The number of aromatic nitrogens is 2. The summed E-state index contributed by atoms with van der Waals surface area (Å²) in [5.74, 6) is 0.871. The maximum atomic E-state index is 10.8. The van der Waals surface area contributed by atoms with Gasteiger partial charge in [0.2, 0.25) is 0 Å². The lowest BCUT2D eigenvalue weighted by atomic mass is 10.3. The van der Waals surface area contributed by atoms with Crippen LogP contribution in [0.15, 0.2) is 28.0 Å². The summed E-state index contributed by atoms with van der Waals surface area (Å²) in [5, 5.41) is 21.9. The molecule has 0 amide bonds. The first-order valence-corrected chi connectivity index (χ1v) is 7.87. The van der Waals surface area contributed by atoms with Crippen LogP contribution < -0.4 is 4.90 Å². The van der Waals surface area contributed by atoms with E-state index in [0.29, 0.717) is 18.9 Å². The Bertz CT molecular complexity index is 844. The highest BCUT2D eigenvalue weighted by atomic mass is 32.1. The van der Waals surface area contributed by atoms with Crippen molar-refractivity contribution in [3.05, 3.63) is 33.7 Å². The molecule has 3 aromatic heterocycles. The van der Waals surface area contributed by atoms with Crippen LogP contribution in [0, 0.1) is 10.1 Å². The third-order valence-corrected chi connectivity index (χ3v) is 4.23. The summed E-state index contributed by atoms with van der Waals surface area (Å²) >= 11 is 1.51. The predicted octanol–water partition coefficient (Wildman–Crippen LogP) is 2.68. The third-order valence-electron chi connectivity index (χ3n) is 3.33. The number of likely N-dealkylation sites (N-methyl/N-ethyl adjacent to an activating group) is 1. The van der Waals surface area contributed by atoms with E-state index in [-0.39, 0.29) is 24.1 Å². The molecule has 0 aliphatic heterocycles. The molecule has 0 saturated heterocycles. The minimum Gasteiger partial charge on any atom is -0.397 e. The van der Waals surface area contributed by atoms with E-state index >= 15 is 0 Å². The summed E-state index contributed by atoms with van der Waals surface area (Å²) < 4.78 is 6.10. The highest BCUT2D eigenvalue weighted by molar-refractivity contribution is 7.17. The molecule has 1 N–H and O–H groups in total. The fraction of sp³-hybridized carbons (Fsp3) is 0.286. The molecule has 3 rings (SSSR count). The first-order valence-electron chi connectivity index (χ1n) is 6.99. The van der Waals surface area contributed by atoms with Gasteiger partial charge in [0.25, 0.3) is 0 Å². The molecular formula is C14H14N4O4S. The summed E-state index contributed by atoms with van der Waals surface area (Å²) in [6.45, 7) is 3.08. The van der Waals surface area contributed by atoms with Crippen LogP contribution in [0.2, 0.25) is 0 Å². The lowest BCUT2D eigenvalue weighted by molar-refractivity contribution is -0.401. The molecule has 0 saturated carbocycles. The second kappa shape index (κ2) is 6.31. The molecule has 0 unspecified atom stereocenters. The Labute approximate surface area is 135 Å². The van der Waals surface area contributed by atoms with Gasteiger partial charge in [-0.25, -0.2) is 9.97 Å². The number of fused-ring (bicyclic) bond motifs is 1. The lowest BCUT2D eigenvalue weighted by Crippen LogP contribution is -2.27. The molecule has 0 bridgehead atoms. The number of hydrogen-bond donors (Lipinski definition) is 1. The van der Waals surface area contributed by atoms with Crippen LogP contribution in [0.4, 0.5) is 11.7 Å². The number of furan rings is 1. The lowest BCUT2D eigenvalue weighted by Gasteiger charge is -2.21. The Balaban J connectivity index is 2.12. The average Bonchev–Trinajstić information content (AvgIpc) is 3.20. The van der Waals surface area contributed by atoms with Crippen LogP contribution >= 0.6 is 11.3 Å². The Morgan fingerprint density at radius 3 is 2.87 bits per heavy atom. The van der Waals surface area contributed by atoms with E-state index < -0.39 is 4.92 Å². The van der Waals surface area contributed by atoms with E-state index in [4.69, 9.17) is 4.42 Å². The molecule has 0 radical (unpaired) electrons. The number of nitrogens with zero attached hydrogens (tertiary/aromatic N) is 4. The normalized spacial score (nSPS) is 11.0. The van der Waals surface area contributed by atoms with Crippen LogP contribution in [0.3, 0.4) is 0 Å². The molecule has 120 valence electrons. The zero-order valence-corrected chi connectivity index (χ0v) is 13.1. The highest BCUT2D eigenvalue weighted by Crippen LogP contribution is 2.32. The van der Waals surface area contributed by atoms with E-state index in [2.05, 4.69) is 9.97 Å². The second-order valence-electron chi connectivity index (χ2n) is 4.70. The van der Waals surface area contributed by atoms with Crippen molar-refractivity contribution >= 4 is 33.3 Å². The van der Waals surface area contributed by atoms with Crippen molar-refractivity contribution in [2.24, 2.45) is 0 Å². The van der Waals surface area contributed by atoms with Crippen LogP contribution in [-0.2, 0) is 0 Å². The number of nitro groups is 1. The van der Waals surface area contributed by atoms with Gasteiger partial charge in [0.05, 0.1) is 22.9 Å². The minimum absolute atomic E-state index is 0.00622. The Morgan fingerprint density at radius 2 is 2.22 bits per heavy atom. The van der Waals surface area contributed by atoms with E-state index in [1.807, 2.05) is 23.3 Å². The fourth-order valence-corrected chi connectivity index (χ4v) is 3.10. The molecule has 0 aromatic carbocycles. The zero-order valence-electron chi connectivity index (χ0n) is 12.3. The largest absolute Gasteiger partial charge is 0.433 e. The molecule has 0 spiro atoms. The van der Waals surface area contributed by atoms with Crippen LogP contribution in [0.5, 0.6) is 0 Å². The van der Waals surface area contributed by atoms with Gasteiger partial charge >= 0.3 is 5.88 Å². The maximum Gasteiger partial charge on any atom is 0.433 e. The van der Waals surface area contributed by atoms with Gasteiger partial charge in [-0.2, -0.15) is 0 Å². The molecule has 9 heteroatoms. The van der Waals surface area contributed by atoms with Crippen LogP contribution in [-0.4, -0.2) is 39.7 Å². The number of aliphatic hydroxyl groups excluding tert-OH is 1. The van der Waals surface area contributed by atoms with Crippen molar-refractivity contribution in [1.29, 1.82) is 0 Å². The summed E-state index contributed by atoms with van der Waals surface area (Å²) in [4.78, 5) is 21.0. The molecule has 23 heavy (non-hydrogen) atoms. The van der Waals surface area contributed by atoms with Crippen LogP contribution in [0.25, 0.3) is 21.8 Å². The monoisotopic (exact) mass is 334 g/mol. The first-order chi connectivity index (χ1) is 11.1. The standard InChI is InChI=1S/C14H14N4O4S/c1-2-17(6-7-19)14-12-9(5-8-23-12)15-13(16-14)10-3-4-11(22-10)18(20)21/h3-5,8,19H,2,6-7H2,1H3. The van der Waals surface area contributed by atoms with Crippen molar-refractivity contribution in [2.45, 2.75) is 6.92 Å². The zero-order chi connectivity index (χ0) is 16.4. The van der Waals surface area contributed by atoms with E-state index in [0.717, 1.165) is 10.2 Å². The summed E-state index contributed by atoms with van der Waals surface area (Å²) in [5.41, 5.74) is 0.741. The number of thiophene rings is 1. The minimum atomic E-state index is -0.600. The molecular weight excluding hydrogens is 320 g/mol. The van der Waals surface area contributed by atoms with Gasteiger partial charge in [-0.15, -0.1) is 11.3 Å². The molecule has 3 aromatic rings. The molecule has 8 nitrogen and oxygen atoms in total. The summed E-state index contributed by atoms with van der Waals surface area (Å²) in [6.07, 6.45) is 0. The fourth-order valence-electron chi connectivity index (χ4n) is 2.25. The van der Waals surface area contributed by atoms with Crippen LogP contribution in [0.1, 0.15) is 6.92 Å². The van der Waals surface area contributed by atoms with Gasteiger partial charge in [0, 0.05) is 13.1 Å². The quantitative estimate of drug-likeness (QED) is 0.545. The number of rotatable bonds is 6. The highest BCUT2D eigenvalue weighted by Gasteiger charge is 2.19. The van der Waals surface area contributed by atoms with Crippen molar-refractivity contribution < 1.29 is 14.4 Å². The van der Waals surface area contributed by atoms with Crippen molar-refractivity contribution in [2.75, 3.05) is 24.6 Å².